The van der Waals surface area contributed by atoms with E-state index in [1.807, 2.05) is 0 Å². The Kier molecular flexibility index (Phi) is 3.66. The van der Waals surface area contributed by atoms with Gasteiger partial charge in [0.15, 0.2) is 0 Å². The van der Waals surface area contributed by atoms with Crippen LogP contribution in [-0.4, -0.2) is 40.6 Å². The molecule has 4 rings (SSSR count). The Morgan fingerprint density at radius 3 is 2.60 bits per heavy atom. The zero-order valence-electron chi connectivity index (χ0n) is 13.1. The van der Waals surface area contributed by atoms with E-state index in [0.29, 0.717) is 12.1 Å². The molecule has 0 radical (unpaired) electrons. The van der Waals surface area contributed by atoms with Gasteiger partial charge in [-0.15, -0.1) is 5.10 Å². The smallest absolute Gasteiger partial charge is 0.325 e. The lowest BCUT2D eigenvalue weighted by Crippen LogP contribution is -2.33. The van der Waals surface area contributed by atoms with Gasteiger partial charge in [0.05, 0.1) is 0 Å². The highest BCUT2D eigenvalue weighted by atomic mass is 19.3. The van der Waals surface area contributed by atoms with Crippen molar-refractivity contribution < 1.29 is 22.4 Å². The van der Waals surface area contributed by atoms with Crippen LogP contribution >= 0.6 is 0 Å². The maximum atomic E-state index is 13.1. The van der Waals surface area contributed by atoms with Gasteiger partial charge in [-0.05, 0) is 42.5 Å². The summed E-state index contributed by atoms with van der Waals surface area (Å²) in [5.74, 6) is -1.05. The lowest BCUT2D eigenvalue weighted by Gasteiger charge is -2.15. The van der Waals surface area contributed by atoms with Crippen molar-refractivity contribution in [1.29, 1.82) is 0 Å². The number of alkyl halides is 2. The fourth-order valence-corrected chi connectivity index (χ4v) is 3.34. The first-order chi connectivity index (χ1) is 12.0. The van der Waals surface area contributed by atoms with Crippen LogP contribution in [0, 0.1) is 17.2 Å². The number of likely N-dealkylation sites (tertiary alicyclic amines) is 1. The first kappa shape index (κ1) is 15.9. The van der Waals surface area contributed by atoms with E-state index in [1.165, 1.54) is 29.2 Å². The molecule has 1 unspecified atom stereocenters. The minimum Gasteiger partial charge on any atom is -0.403 e. The fourth-order valence-electron chi connectivity index (χ4n) is 3.34. The van der Waals surface area contributed by atoms with Crippen LogP contribution in [-0.2, 0) is 0 Å². The summed E-state index contributed by atoms with van der Waals surface area (Å²) < 4.78 is 44.5. The molecule has 0 bridgehead atoms. The predicted molar refractivity (Wildman–Crippen MR) is 81.4 cm³/mol. The summed E-state index contributed by atoms with van der Waals surface area (Å²) in [6, 6.07) is 4.78. The van der Waals surface area contributed by atoms with Gasteiger partial charge in [-0.1, -0.05) is 5.10 Å². The number of rotatable bonds is 3. The number of benzene rings is 1. The third-order valence-electron chi connectivity index (χ3n) is 4.92. The van der Waals surface area contributed by atoms with Crippen LogP contribution in [0.4, 0.5) is 24.0 Å². The molecule has 2 fully saturated rings. The van der Waals surface area contributed by atoms with E-state index in [9.17, 15) is 18.0 Å². The molecule has 6 nitrogen and oxygen atoms in total. The number of nitrogens with one attached hydrogen (secondary N) is 1. The van der Waals surface area contributed by atoms with Gasteiger partial charge in [0, 0.05) is 24.6 Å². The zero-order chi connectivity index (χ0) is 17.6. The molecule has 2 amide bonds. The summed E-state index contributed by atoms with van der Waals surface area (Å²) in [5, 5.41) is 9.94. The molecule has 132 valence electrons. The second-order valence-electron chi connectivity index (χ2n) is 6.53. The van der Waals surface area contributed by atoms with E-state index in [4.69, 9.17) is 4.42 Å². The average molecular weight is 352 g/mol. The summed E-state index contributed by atoms with van der Waals surface area (Å²) in [7, 11) is 0. The summed E-state index contributed by atoms with van der Waals surface area (Å²) >= 11 is 0. The van der Waals surface area contributed by atoms with Crippen molar-refractivity contribution in [3.63, 3.8) is 0 Å². The Morgan fingerprint density at radius 1 is 1.28 bits per heavy atom. The molecule has 25 heavy (non-hydrogen) atoms. The largest absolute Gasteiger partial charge is 0.403 e. The van der Waals surface area contributed by atoms with Gasteiger partial charge >= 0.3 is 12.0 Å². The van der Waals surface area contributed by atoms with Crippen LogP contribution in [0.25, 0.3) is 11.5 Å². The highest BCUT2D eigenvalue weighted by Gasteiger charge is 2.59. The fraction of sp³-hybridized carbons (Fsp3) is 0.438. The Hall–Kier alpha value is -2.58. The third-order valence-corrected chi connectivity index (χ3v) is 4.92. The number of anilines is 1. The second kappa shape index (κ2) is 5.75. The second-order valence-corrected chi connectivity index (χ2v) is 6.53. The Morgan fingerprint density at radius 2 is 2.00 bits per heavy atom. The van der Waals surface area contributed by atoms with Gasteiger partial charge in [-0.2, -0.15) is 0 Å². The number of hydrogen-bond acceptors (Lipinski definition) is 4. The standard InChI is InChI=1S/C16H15F3N4O2/c17-10-3-1-9(2-4-10)13-21-22-14(25-13)20-15(24)23-7-11(12(18)19)16(8-23)5-6-16/h1-4,11-12H,5-8H2,(H,20,22,24). The van der Waals surface area contributed by atoms with Gasteiger partial charge in [0.1, 0.15) is 5.82 Å². The lowest BCUT2D eigenvalue weighted by molar-refractivity contribution is 0.0563. The number of urea groups is 1. The summed E-state index contributed by atoms with van der Waals surface area (Å²) in [6.07, 6.45) is -0.990. The Bertz CT molecular complexity index is 789. The molecule has 2 aromatic rings. The normalized spacial score (nSPS) is 21.1. The van der Waals surface area contributed by atoms with Crippen molar-refractivity contribution >= 4 is 12.0 Å². The SMILES string of the molecule is O=C(Nc1nnc(-c2ccc(F)cc2)o1)N1CC(C(F)F)C2(CC2)C1. The minimum absolute atomic E-state index is 0.0163. The van der Waals surface area contributed by atoms with Gasteiger partial charge in [0.2, 0.25) is 12.3 Å². The predicted octanol–water partition coefficient (Wildman–Crippen LogP) is 3.38. The molecule has 1 aromatic heterocycles. The molecule has 1 saturated carbocycles. The molecule has 1 N–H and O–H groups in total. The van der Waals surface area contributed by atoms with Crippen molar-refractivity contribution in [3.8, 4) is 11.5 Å². The van der Waals surface area contributed by atoms with Crippen molar-refractivity contribution in [3.05, 3.63) is 30.1 Å². The van der Waals surface area contributed by atoms with Crippen LogP contribution in [0.3, 0.4) is 0 Å². The number of carbonyl (C=O) groups is 1. The molecule has 2 heterocycles. The molecule has 1 saturated heterocycles. The summed E-state index contributed by atoms with van der Waals surface area (Å²) in [4.78, 5) is 13.6. The molecule has 1 spiro atoms. The molecule has 2 aliphatic rings. The number of aromatic nitrogens is 2. The third kappa shape index (κ3) is 2.94. The number of carbonyl (C=O) groups excluding carboxylic acids is 1. The van der Waals surface area contributed by atoms with Crippen molar-refractivity contribution in [1.82, 2.24) is 15.1 Å². The molecule has 1 aliphatic heterocycles. The van der Waals surface area contributed by atoms with Gasteiger partial charge in [-0.3, -0.25) is 5.32 Å². The average Bonchev–Trinajstić information content (AvgIpc) is 3.02. The monoisotopic (exact) mass is 352 g/mol. The first-order valence-corrected chi connectivity index (χ1v) is 7.90. The highest BCUT2D eigenvalue weighted by Crippen LogP contribution is 2.57. The lowest BCUT2D eigenvalue weighted by atomic mass is 9.93. The topological polar surface area (TPSA) is 71.3 Å². The van der Waals surface area contributed by atoms with Crippen molar-refractivity contribution in [2.75, 3.05) is 18.4 Å². The zero-order valence-corrected chi connectivity index (χ0v) is 13.1. The van der Waals surface area contributed by atoms with Gasteiger partial charge < -0.3 is 9.32 Å². The molecule has 1 aromatic carbocycles. The Labute approximate surface area is 141 Å². The number of hydrogen-bond donors (Lipinski definition) is 1. The van der Waals surface area contributed by atoms with Crippen LogP contribution < -0.4 is 5.32 Å². The van der Waals surface area contributed by atoms with E-state index < -0.39 is 29.6 Å². The number of nitrogens with zero attached hydrogens (tertiary/aromatic N) is 3. The molecular formula is C16H15F3N4O2. The van der Waals surface area contributed by atoms with Gasteiger partial charge in [0.25, 0.3) is 0 Å². The molecule has 9 heteroatoms. The van der Waals surface area contributed by atoms with E-state index in [1.54, 1.807) is 0 Å². The maximum absolute atomic E-state index is 13.1. The summed E-state index contributed by atoms with van der Waals surface area (Å²) in [6.45, 7) is 0.329. The van der Waals surface area contributed by atoms with E-state index in [0.717, 1.165) is 12.8 Å². The van der Waals surface area contributed by atoms with Crippen LogP contribution in [0.15, 0.2) is 28.7 Å². The maximum Gasteiger partial charge on any atom is 0.325 e. The molecule has 1 aliphatic carbocycles. The molecule has 1 atom stereocenters. The first-order valence-electron chi connectivity index (χ1n) is 7.90. The number of halogens is 3. The van der Waals surface area contributed by atoms with Crippen LogP contribution in [0.2, 0.25) is 0 Å². The summed E-state index contributed by atoms with van der Waals surface area (Å²) in [5.41, 5.74) is 0.0739. The van der Waals surface area contributed by atoms with E-state index in [2.05, 4.69) is 15.5 Å². The minimum atomic E-state index is -2.44. The quantitative estimate of drug-likeness (QED) is 0.919. The highest BCUT2D eigenvalue weighted by molar-refractivity contribution is 5.87. The van der Waals surface area contributed by atoms with E-state index in [-0.39, 0.29) is 18.5 Å². The van der Waals surface area contributed by atoms with Gasteiger partial charge in [-0.25, -0.2) is 18.0 Å². The van der Waals surface area contributed by atoms with E-state index >= 15 is 0 Å². The molecular weight excluding hydrogens is 337 g/mol. The van der Waals surface area contributed by atoms with Crippen LogP contribution in [0.5, 0.6) is 0 Å². The van der Waals surface area contributed by atoms with Crippen molar-refractivity contribution in [2.24, 2.45) is 11.3 Å². The number of amides is 2. The van der Waals surface area contributed by atoms with Crippen molar-refractivity contribution in [2.45, 2.75) is 19.3 Å². The Balaban J connectivity index is 1.43. The van der Waals surface area contributed by atoms with Crippen LogP contribution in [0.1, 0.15) is 12.8 Å².